The SMILES string of the molecule is COCCCN(CC(=O)N(Cc1cccn1C)C1CC1)S(=O)(=O)c1ccc(Br)cc1. The molecule has 9 heteroatoms. The highest BCUT2D eigenvalue weighted by Crippen LogP contribution is 2.29. The minimum atomic E-state index is -3.80. The number of hydrogen-bond acceptors (Lipinski definition) is 4. The van der Waals surface area contributed by atoms with Gasteiger partial charge in [0.05, 0.1) is 18.0 Å². The van der Waals surface area contributed by atoms with E-state index in [1.165, 1.54) is 4.31 Å². The number of carbonyl (C=O) groups is 1. The van der Waals surface area contributed by atoms with Crippen molar-refractivity contribution in [2.45, 2.75) is 36.7 Å². The van der Waals surface area contributed by atoms with E-state index in [-0.39, 0.29) is 29.9 Å². The monoisotopic (exact) mass is 497 g/mol. The molecule has 1 aromatic carbocycles. The Bertz CT molecular complexity index is 955. The van der Waals surface area contributed by atoms with Crippen LogP contribution >= 0.6 is 15.9 Å². The first kappa shape index (κ1) is 23.0. The number of aromatic nitrogens is 1. The summed E-state index contributed by atoms with van der Waals surface area (Å²) in [6.45, 7) is 0.956. The van der Waals surface area contributed by atoms with Crippen LogP contribution < -0.4 is 0 Å². The average Bonchev–Trinajstić information content (AvgIpc) is 3.47. The first-order valence-corrected chi connectivity index (χ1v) is 12.2. The van der Waals surface area contributed by atoms with E-state index in [0.717, 1.165) is 23.0 Å². The zero-order chi connectivity index (χ0) is 21.7. The van der Waals surface area contributed by atoms with E-state index in [1.54, 1.807) is 31.4 Å². The first-order chi connectivity index (χ1) is 14.3. The van der Waals surface area contributed by atoms with Gasteiger partial charge in [0.2, 0.25) is 15.9 Å². The lowest BCUT2D eigenvalue weighted by Crippen LogP contribution is -2.44. The molecule has 3 rings (SSSR count). The summed E-state index contributed by atoms with van der Waals surface area (Å²) in [7, 11) is -0.277. The molecule has 0 atom stereocenters. The molecule has 1 amide bonds. The topological polar surface area (TPSA) is 71.8 Å². The number of nitrogens with zero attached hydrogens (tertiary/aromatic N) is 3. The molecule has 0 bridgehead atoms. The van der Waals surface area contributed by atoms with Gasteiger partial charge < -0.3 is 14.2 Å². The largest absolute Gasteiger partial charge is 0.385 e. The predicted molar refractivity (Wildman–Crippen MR) is 118 cm³/mol. The average molecular weight is 498 g/mol. The molecular weight excluding hydrogens is 470 g/mol. The van der Waals surface area contributed by atoms with Crippen molar-refractivity contribution in [3.63, 3.8) is 0 Å². The number of rotatable bonds is 11. The van der Waals surface area contributed by atoms with Gasteiger partial charge in [-0.25, -0.2) is 8.42 Å². The van der Waals surface area contributed by atoms with Gasteiger partial charge in [-0.1, -0.05) is 15.9 Å². The molecule has 1 fully saturated rings. The Morgan fingerprint density at radius 1 is 1.23 bits per heavy atom. The first-order valence-electron chi connectivity index (χ1n) is 9.97. The van der Waals surface area contributed by atoms with Crippen molar-refractivity contribution in [2.75, 3.05) is 26.8 Å². The van der Waals surface area contributed by atoms with Crippen LogP contribution in [0.5, 0.6) is 0 Å². The molecule has 0 spiro atoms. The quantitative estimate of drug-likeness (QED) is 0.447. The number of sulfonamides is 1. The van der Waals surface area contributed by atoms with Crippen molar-refractivity contribution in [3.05, 3.63) is 52.8 Å². The number of ether oxygens (including phenoxy) is 1. The summed E-state index contributed by atoms with van der Waals surface area (Å²) in [5.41, 5.74) is 1.02. The summed E-state index contributed by atoms with van der Waals surface area (Å²) in [4.78, 5) is 15.2. The van der Waals surface area contributed by atoms with E-state index in [2.05, 4.69) is 15.9 Å². The zero-order valence-electron chi connectivity index (χ0n) is 17.3. The molecule has 0 aliphatic heterocycles. The number of aryl methyl sites for hydroxylation is 1. The number of methoxy groups -OCH3 is 1. The van der Waals surface area contributed by atoms with Gasteiger partial charge >= 0.3 is 0 Å². The molecule has 0 unspecified atom stereocenters. The molecule has 1 aromatic heterocycles. The van der Waals surface area contributed by atoms with Gasteiger partial charge in [0.25, 0.3) is 0 Å². The number of benzene rings is 1. The number of halogens is 1. The molecule has 1 aliphatic rings. The molecule has 0 saturated heterocycles. The molecule has 164 valence electrons. The Hall–Kier alpha value is -1.68. The van der Waals surface area contributed by atoms with E-state index in [1.807, 2.05) is 34.8 Å². The summed E-state index contributed by atoms with van der Waals surface area (Å²) in [6.07, 6.45) is 4.37. The maximum Gasteiger partial charge on any atom is 0.243 e. The van der Waals surface area contributed by atoms with Gasteiger partial charge in [-0.3, -0.25) is 4.79 Å². The van der Waals surface area contributed by atoms with Crippen molar-refractivity contribution in [1.82, 2.24) is 13.8 Å². The van der Waals surface area contributed by atoms with Gasteiger partial charge in [-0.2, -0.15) is 4.31 Å². The van der Waals surface area contributed by atoms with E-state index in [4.69, 9.17) is 4.74 Å². The number of amides is 1. The summed E-state index contributed by atoms with van der Waals surface area (Å²) >= 11 is 3.33. The Morgan fingerprint density at radius 3 is 2.50 bits per heavy atom. The minimum absolute atomic E-state index is 0.170. The molecule has 7 nitrogen and oxygen atoms in total. The predicted octanol–water partition coefficient (Wildman–Crippen LogP) is 3.01. The fourth-order valence-corrected chi connectivity index (χ4v) is 5.00. The molecule has 30 heavy (non-hydrogen) atoms. The van der Waals surface area contributed by atoms with Crippen LogP contribution in [-0.4, -0.2) is 60.9 Å². The fourth-order valence-electron chi connectivity index (χ4n) is 3.31. The van der Waals surface area contributed by atoms with Crippen molar-refractivity contribution in [1.29, 1.82) is 0 Å². The van der Waals surface area contributed by atoms with Crippen LogP contribution in [0, 0.1) is 0 Å². The Morgan fingerprint density at radius 2 is 1.93 bits per heavy atom. The van der Waals surface area contributed by atoms with Crippen molar-refractivity contribution in [2.24, 2.45) is 7.05 Å². The summed E-state index contributed by atoms with van der Waals surface area (Å²) in [5.74, 6) is -0.170. The van der Waals surface area contributed by atoms with Crippen molar-refractivity contribution in [3.8, 4) is 0 Å². The molecule has 1 heterocycles. The van der Waals surface area contributed by atoms with E-state index < -0.39 is 10.0 Å². The van der Waals surface area contributed by atoms with Crippen LogP contribution in [0.4, 0.5) is 0 Å². The molecule has 1 saturated carbocycles. The summed E-state index contributed by atoms with van der Waals surface area (Å²) in [5, 5.41) is 0. The maximum absolute atomic E-state index is 13.2. The highest BCUT2D eigenvalue weighted by Gasteiger charge is 2.35. The maximum atomic E-state index is 13.2. The zero-order valence-corrected chi connectivity index (χ0v) is 19.7. The van der Waals surface area contributed by atoms with Gasteiger partial charge in [0.15, 0.2) is 0 Å². The number of hydrogen-bond donors (Lipinski definition) is 0. The van der Waals surface area contributed by atoms with Crippen LogP contribution in [0.1, 0.15) is 25.0 Å². The van der Waals surface area contributed by atoms with Gasteiger partial charge in [-0.15, -0.1) is 0 Å². The van der Waals surface area contributed by atoms with Crippen LogP contribution in [0.25, 0.3) is 0 Å². The Kier molecular flexibility index (Phi) is 7.73. The molecular formula is C21H28BrN3O4S. The van der Waals surface area contributed by atoms with Crippen LogP contribution in [0.15, 0.2) is 52.0 Å². The smallest absolute Gasteiger partial charge is 0.243 e. The second kappa shape index (κ2) is 10.1. The standard InChI is InChI=1S/C21H28BrN3O4S/c1-23-12-3-5-19(23)15-25(18-8-9-18)21(26)16-24(13-4-14-29-2)30(27,28)20-10-6-17(22)7-11-20/h3,5-7,10-12,18H,4,8-9,13-16H2,1-2H3. The third kappa shape index (κ3) is 5.72. The summed E-state index contributed by atoms with van der Waals surface area (Å²) < 4.78 is 35.6. The molecule has 0 N–H and O–H groups in total. The van der Waals surface area contributed by atoms with Gasteiger partial charge in [0, 0.05) is 49.7 Å². The van der Waals surface area contributed by atoms with Crippen LogP contribution in [0.3, 0.4) is 0 Å². The summed E-state index contributed by atoms with van der Waals surface area (Å²) in [6, 6.07) is 10.6. The highest BCUT2D eigenvalue weighted by molar-refractivity contribution is 9.10. The lowest BCUT2D eigenvalue weighted by molar-refractivity contribution is -0.132. The van der Waals surface area contributed by atoms with Gasteiger partial charge in [0.1, 0.15) is 0 Å². The molecule has 2 aromatic rings. The lowest BCUT2D eigenvalue weighted by atomic mass is 10.3. The van der Waals surface area contributed by atoms with E-state index in [0.29, 0.717) is 19.6 Å². The molecule has 0 radical (unpaired) electrons. The Labute approximate surface area is 186 Å². The molecule has 1 aliphatic carbocycles. The van der Waals surface area contributed by atoms with E-state index >= 15 is 0 Å². The highest BCUT2D eigenvalue weighted by atomic mass is 79.9. The Balaban J connectivity index is 1.79. The third-order valence-electron chi connectivity index (χ3n) is 5.21. The van der Waals surface area contributed by atoms with Gasteiger partial charge in [-0.05, 0) is 55.7 Å². The normalized spacial score (nSPS) is 14.3. The number of carbonyl (C=O) groups excluding carboxylic acids is 1. The van der Waals surface area contributed by atoms with Crippen molar-refractivity contribution >= 4 is 31.9 Å². The fraction of sp³-hybridized carbons (Fsp3) is 0.476. The van der Waals surface area contributed by atoms with Crippen LogP contribution in [0.2, 0.25) is 0 Å². The van der Waals surface area contributed by atoms with E-state index in [9.17, 15) is 13.2 Å². The second-order valence-electron chi connectivity index (χ2n) is 7.50. The van der Waals surface area contributed by atoms with Crippen molar-refractivity contribution < 1.29 is 17.9 Å². The lowest BCUT2D eigenvalue weighted by Gasteiger charge is -2.27. The minimum Gasteiger partial charge on any atom is -0.385 e. The van der Waals surface area contributed by atoms with Crippen LogP contribution in [-0.2, 0) is 33.1 Å². The second-order valence-corrected chi connectivity index (χ2v) is 10.4. The third-order valence-corrected chi connectivity index (χ3v) is 7.60.